The summed E-state index contributed by atoms with van der Waals surface area (Å²) in [7, 11) is 4.57. The van der Waals surface area contributed by atoms with Gasteiger partial charge >= 0.3 is 0 Å². The molecular formula is C18H36N2. The van der Waals surface area contributed by atoms with Crippen LogP contribution in [0, 0.1) is 0 Å². The van der Waals surface area contributed by atoms with Crippen LogP contribution in [-0.4, -0.2) is 37.1 Å². The van der Waals surface area contributed by atoms with Crippen molar-refractivity contribution in [2.75, 3.05) is 20.6 Å². The molecule has 0 aromatic rings. The van der Waals surface area contributed by atoms with Gasteiger partial charge in [-0.2, -0.15) is 0 Å². The number of rotatable bonds is 10. The van der Waals surface area contributed by atoms with Crippen LogP contribution in [0.25, 0.3) is 0 Å². The first kappa shape index (κ1) is 17.7. The van der Waals surface area contributed by atoms with Gasteiger partial charge in [0.2, 0.25) is 0 Å². The fourth-order valence-corrected chi connectivity index (χ4v) is 3.89. The van der Waals surface area contributed by atoms with Crippen molar-refractivity contribution in [3.63, 3.8) is 0 Å². The molecular weight excluding hydrogens is 244 g/mol. The normalized spacial score (nSPS) is 20.0. The SMILES string of the molecule is C=CCCCCCC(NCC)C1(N(C)C)CCCCC1. The molecule has 0 aromatic heterocycles. The summed E-state index contributed by atoms with van der Waals surface area (Å²) < 4.78 is 0. The first-order valence-corrected chi connectivity index (χ1v) is 8.69. The lowest BCUT2D eigenvalue weighted by Gasteiger charge is -2.49. The zero-order valence-electron chi connectivity index (χ0n) is 14.1. The molecule has 2 heteroatoms. The number of likely N-dealkylation sites (N-methyl/N-ethyl adjacent to an activating group) is 2. The van der Waals surface area contributed by atoms with Gasteiger partial charge in [0.25, 0.3) is 0 Å². The Labute approximate surface area is 127 Å². The second-order valence-corrected chi connectivity index (χ2v) is 6.60. The Morgan fingerprint density at radius 2 is 1.85 bits per heavy atom. The maximum absolute atomic E-state index is 3.81. The predicted octanol–water partition coefficient (Wildman–Crippen LogP) is 4.37. The molecule has 1 atom stereocenters. The molecule has 0 spiro atoms. The van der Waals surface area contributed by atoms with Crippen LogP contribution >= 0.6 is 0 Å². The van der Waals surface area contributed by atoms with Gasteiger partial charge in [0.15, 0.2) is 0 Å². The van der Waals surface area contributed by atoms with Gasteiger partial charge in [-0.1, -0.05) is 45.1 Å². The van der Waals surface area contributed by atoms with Gasteiger partial charge in [-0.05, 0) is 52.7 Å². The monoisotopic (exact) mass is 280 g/mol. The van der Waals surface area contributed by atoms with Crippen molar-refractivity contribution in [1.82, 2.24) is 10.2 Å². The second-order valence-electron chi connectivity index (χ2n) is 6.60. The lowest BCUT2D eigenvalue weighted by Crippen LogP contribution is -2.60. The van der Waals surface area contributed by atoms with Crippen molar-refractivity contribution in [3.8, 4) is 0 Å². The molecule has 1 saturated carbocycles. The minimum Gasteiger partial charge on any atom is -0.312 e. The molecule has 0 heterocycles. The van der Waals surface area contributed by atoms with E-state index in [0.717, 1.165) is 6.54 Å². The molecule has 1 aliphatic rings. The van der Waals surface area contributed by atoms with Crippen molar-refractivity contribution >= 4 is 0 Å². The Kier molecular flexibility index (Phi) is 8.47. The minimum absolute atomic E-state index is 0.396. The van der Waals surface area contributed by atoms with E-state index in [1.807, 2.05) is 6.08 Å². The molecule has 20 heavy (non-hydrogen) atoms. The average Bonchev–Trinajstić information content (AvgIpc) is 2.46. The molecule has 1 unspecified atom stereocenters. The Balaban J connectivity index is 2.57. The molecule has 1 aliphatic carbocycles. The van der Waals surface area contributed by atoms with E-state index in [1.54, 1.807) is 0 Å². The van der Waals surface area contributed by atoms with Crippen LogP contribution in [0.15, 0.2) is 12.7 Å². The van der Waals surface area contributed by atoms with E-state index in [4.69, 9.17) is 0 Å². The number of nitrogens with zero attached hydrogens (tertiary/aromatic N) is 1. The van der Waals surface area contributed by atoms with Gasteiger partial charge in [0, 0.05) is 11.6 Å². The van der Waals surface area contributed by atoms with Crippen LogP contribution in [0.2, 0.25) is 0 Å². The van der Waals surface area contributed by atoms with Gasteiger partial charge in [-0.15, -0.1) is 6.58 Å². The van der Waals surface area contributed by atoms with Gasteiger partial charge in [0.05, 0.1) is 0 Å². The molecule has 0 aromatic carbocycles. The van der Waals surface area contributed by atoms with Crippen molar-refractivity contribution < 1.29 is 0 Å². The molecule has 118 valence electrons. The number of nitrogens with one attached hydrogen (secondary N) is 1. The minimum atomic E-state index is 0.396. The largest absolute Gasteiger partial charge is 0.312 e. The zero-order valence-corrected chi connectivity index (χ0v) is 14.1. The Morgan fingerprint density at radius 1 is 1.15 bits per heavy atom. The third kappa shape index (κ3) is 4.89. The number of hydrogen-bond donors (Lipinski definition) is 1. The molecule has 1 rings (SSSR count). The molecule has 1 N–H and O–H groups in total. The molecule has 0 amide bonds. The highest BCUT2D eigenvalue weighted by molar-refractivity contribution is 5.00. The number of allylic oxidation sites excluding steroid dienone is 1. The topological polar surface area (TPSA) is 15.3 Å². The third-order valence-corrected chi connectivity index (χ3v) is 5.11. The molecule has 0 aliphatic heterocycles. The van der Waals surface area contributed by atoms with E-state index in [2.05, 4.69) is 37.8 Å². The van der Waals surface area contributed by atoms with Crippen molar-refractivity contribution in [1.29, 1.82) is 0 Å². The van der Waals surface area contributed by atoms with Gasteiger partial charge < -0.3 is 10.2 Å². The fraction of sp³-hybridized carbons (Fsp3) is 0.889. The first-order valence-electron chi connectivity index (χ1n) is 8.69. The van der Waals surface area contributed by atoms with Crippen molar-refractivity contribution in [2.45, 2.75) is 82.7 Å². The van der Waals surface area contributed by atoms with E-state index in [9.17, 15) is 0 Å². The zero-order chi connectivity index (χ0) is 14.8. The maximum atomic E-state index is 3.81. The lowest BCUT2D eigenvalue weighted by atomic mass is 9.73. The maximum Gasteiger partial charge on any atom is 0.0356 e. The highest BCUT2D eigenvalue weighted by Crippen LogP contribution is 2.36. The van der Waals surface area contributed by atoms with Crippen LogP contribution in [-0.2, 0) is 0 Å². The fourth-order valence-electron chi connectivity index (χ4n) is 3.89. The van der Waals surface area contributed by atoms with Crippen molar-refractivity contribution in [3.05, 3.63) is 12.7 Å². The predicted molar refractivity (Wildman–Crippen MR) is 90.2 cm³/mol. The van der Waals surface area contributed by atoms with E-state index >= 15 is 0 Å². The number of hydrogen-bond acceptors (Lipinski definition) is 2. The Morgan fingerprint density at radius 3 is 2.40 bits per heavy atom. The van der Waals surface area contributed by atoms with Gasteiger partial charge in [-0.25, -0.2) is 0 Å². The van der Waals surface area contributed by atoms with Crippen LogP contribution in [0.4, 0.5) is 0 Å². The number of unbranched alkanes of at least 4 members (excludes halogenated alkanes) is 3. The summed E-state index contributed by atoms with van der Waals surface area (Å²) in [5, 5.41) is 3.80. The molecule has 0 saturated heterocycles. The molecule has 2 nitrogen and oxygen atoms in total. The average molecular weight is 280 g/mol. The van der Waals surface area contributed by atoms with E-state index in [-0.39, 0.29) is 0 Å². The second kappa shape index (κ2) is 9.57. The van der Waals surface area contributed by atoms with E-state index < -0.39 is 0 Å². The van der Waals surface area contributed by atoms with E-state index in [0.29, 0.717) is 11.6 Å². The summed E-state index contributed by atoms with van der Waals surface area (Å²) in [6.07, 6.45) is 15.5. The highest BCUT2D eigenvalue weighted by atomic mass is 15.2. The lowest BCUT2D eigenvalue weighted by molar-refractivity contribution is 0.0530. The van der Waals surface area contributed by atoms with Crippen LogP contribution in [0.1, 0.15) is 71.1 Å². The third-order valence-electron chi connectivity index (χ3n) is 5.11. The molecule has 1 fully saturated rings. The highest BCUT2D eigenvalue weighted by Gasteiger charge is 2.40. The van der Waals surface area contributed by atoms with Gasteiger partial charge in [0.1, 0.15) is 0 Å². The van der Waals surface area contributed by atoms with E-state index in [1.165, 1.54) is 64.2 Å². The summed E-state index contributed by atoms with van der Waals surface area (Å²) >= 11 is 0. The first-order chi connectivity index (χ1) is 9.67. The Hall–Kier alpha value is -0.340. The van der Waals surface area contributed by atoms with Gasteiger partial charge in [-0.3, -0.25) is 0 Å². The molecule has 0 bridgehead atoms. The molecule has 0 radical (unpaired) electrons. The summed E-state index contributed by atoms with van der Waals surface area (Å²) in [5.41, 5.74) is 0.396. The summed E-state index contributed by atoms with van der Waals surface area (Å²) in [6, 6.07) is 0.659. The summed E-state index contributed by atoms with van der Waals surface area (Å²) in [6.45, 7) is 7.15. The Bertz CT molecular complexity index is 254. The summed E-state index contributed by atoms with van der Waals surface area (Å²) in [4.78, 5) is 2.52. The smallest absolute Gasteiger partial charge is 0.0356 e. The van der Waals surface area contributed by atoms with Crippen molar-refractivity contribution in [2.24, 2.45) is 0 Å². The van der Waals surface area contributed by atoms with Crippen LogP contribution in [0.3, 0.4) is 0 Å². The van der Waals surface area contributed by atoms with Crippen LogP contribution < -0.4 is 5.32 Å². The quantitative estimate of drug-likeness (QED) is 0.472. The van der Waals surface area contributed by atoms with Crippen LogP contribution in [0.5, 0.6) is 0 Å². The standard InChI is InChI=1S/C18H36N2/c1-5-7-8-9-11-14-17(19-6-2)18(20(3)4)15-12-10-13-16-18/h5,17,19H,1,6-16H2,2-4H3. The summed E-state index contributed by atoms with van der Waals surface area (Å²) in [5.74, 6) is 0.